The van der Waals surface area contributed by atoms with E-state index in [-0.39, 0.29) is 39.7 Å². The quantitative estimate of drug-likeness (QED) is 0.148. The van der Waals surface area contributed by atoms with Gasteiger partial charge in [0.2, 0.25) is 0 Å². The molecule has 11 atom stereocenters. The first-order valence-electron chi connectivity index (χ1n) is 17.9. The van der Waals surface area contributed by atoms with E-state index in [1.54, 1.807) is 18.2 Å². The van der Waals surface area contributed by atoms with Crippen LogP contribution in [0.2, 0.25) is 0 Å². The zero-order chi connectivity index (χ0) is 35.2. The fraction of sp³-hybridized carbons (Fsp3) is 0.700. The number of carboxylic acids is 1. The van der Waals surface area contributed by atoms with Gasteiger partial charge in [-0.2, -0.15) is 0 Å². The van der Waals surface area contributed by atoms with E-state index in [0.29, 0.717) is 37.0 Å². The average Bonchev–Trinajstić information content (AvgIpc) is 3.00. The zero-order valence-corrected chi connectivity index (χ0v) is 30.0. The van der Waals surface area contributed by atoms with Gasteiger partial charge in [0.05, 0.1) is 24.2 Å². The highest BCUT2D eigenvalue weighted by Crippen LogP contribution is 2.76. The molecule has 0 heterocycles. The van der Waals surface area contributed by atoms with Crippen molar-refractivity contribution in [2.75, 3.05) is 7.11 Å². The molecule has 4 N–H and O–H groups in total. The zero-order valence-electron chi connectivity index (χ0n) is 30.0. The molecule has 1 aromatic rings. The Morgan fingerprint density at radius 3 is 2.35 bits per heavy atom. The van der Waals surface area contributed by atoms with Crippen LogP contribution in [0.5, 0.6) is 11.5 Å². The van der Waals surface area contributed by atoms with Crippen molar-refractivity contribution in [3.8, 4) is 11.5 Å². The van der Waals surface area contributed by atoms with Gasteiger partial charge in [0.15, 0.2) is 11.5 Å². The van der Waals surface area contributed by atoms with Crippen LogP contribution in [0.15, 0.2) is 35.9 Å². The maximum absolute atomic E-state index is 13.2. The number of hydrogen-bond acceptors (Lipinski definition) is 7. The second-order valence-corrected chi connectivity index (χ2v) is 17.6. The molecule has 5 aliphatic rings. The minimum absolute atomic E-state index is 0.00436. The van der Waals surface area contributed by atoms with Crippen LogP contribution in [0.3, 0.4) is 0 Å². The lowest BCUT2D eigenvalue weighted by Gasteiger charge is -2.72. The Hall–Kier alpha value is -2.84. The highest BCUT2D eigenvalue weighted by molar-refractivity contribution is 5.87. The molecule has 0 aromatic heterocycles. The summed E-state index contributed by atoms with van der Waals surface area (Å²) in [6.07, 6.45) is 9.52. The summed E-state index contributed by atoms with van der Waals surface area (Å²) in [6.45, 7) is 15.2. The number of aliphatic hydroxyl groups excluding tert-OH is 1. The third-order valence-corrected chi connectivity index (χ3v) is 15.2. The van der Waals surface area contributed by atoms with Crippen molar-refractivity contribution >= 4 is 18.0 Å². The Morgan fingerprint density at radius 2 is 1.69 bits per heavy atom. The second kappa shape index (κ2) is 11.3. The van der Waals surface area contributed by atoms with E-state index in [9.17, 15) is 30.0 Å². The molecule has 4 saturated carbocycles. The molecule has 6 rings (SSSR count). The first-order chi connectivity index (χ1) is 22.3. The molecule has 48 heavy (non-hydrogen) atoms. The molecule has 264 valence electrons. The maximum Gasteiger partial charge on any atom is 0.331 e. The Balaban J connectivity index is 1.29. The van der Waals surface area contributed by atoms with Crippen molar-refractivity contribution in [1.29, 1.82) is 0 Å². The van der Waals surface area contributed by atoms with E-state index in [0.717, 1.165) is 31.3 Å². The van der Waals surface area contributed by atoms with Gasteiger partial charge in [-0.3, -0.25) is 4.79 Å². The van der Waals surface area contributed by atoms with E-state index in [1.807, 2.05) is 6.92 Å². The summed E-state index contributed by atoms with van der Waals surface area (Å²) < 4.78 is 11.2. The third-order valence-electron chi connectivity index (χ3n) is 15.2. The van der Waals surface area contributed by atoms with Crippen LogP contribution in [0, 0.1) is 50.7 Å². The number of esters is 1. The fourth-order valence-electron chi connectivity index (χ4n) is 12.3. The van der Waals surface area contributed by atoms with Crippen LogP contribution in [0.1, 0.15) is 105 Å². The normalized spacial score (nSPS) is 44.8. The summed E-state index contributed by atoms with van der Waals surface area (Å²) in [5.74, 6) is -0.985. The largest absolute Gasteiger partial charge is 0.504 e. The molecule has 8 nitrogen and oxygen atoms in total. The van der Waals surface area contributed by atoms with Crippen molar-refractivity contribution in [2.45, 2.75) is 118 Å². The molecule has 0 unspecified atom stereocenters. The molecule has 0 bridgehead atoms. The number of carbonyl (C=O) groups excluding carboxylic acids is 1. The molecule has 0 spiro atoms. The van der Waals surface area contributed by atoms with Gasteiger partial charge in [-0.25, -0.2) is 4.79 Å². The van der Waals surface area contributed by atoms with Gasteiger partial charge >= 0.3 is 11.9 Å². The lowest BCUT2D eigenvalue weighted by Crippen LogP contribution is -2.69. The third kappa shape index (κ3) is 4.74. The van der Waals surface area contributed by atoms with Gasteiger partial charge in [0, 0.05) is 17.4 Å². The van der Waals surface area contributed by atoms with Gasteiger partial charge < -0.3 is 29.9 Å². The summed E-state index contributed by atoms with van der Waals surface area (Å²) >= 11 is 0. The van der Waals surface area contributed by atoms with Crippen LogP contribution in [0.4, 0.5) is 0 Å². The van der Waals surface area contributed by atoms with Crippen LogP contribution in [-0.2, 0) is 14.3 Å². The molecule has 5 aliphatic carbocycles. The number of benzene rings is 1. The van der Waals surface area contributed by atoms with E-state index in [2.05, 4.69) is 47.6 Å². The van der Waals surface area contributed by atoms with Crippen molar-refractivity contribution in [3.05, 3.63) is 41.5 Å². The van der Waals surface area contributed by atoms with Gasteiger partial charge in [0.1, 0.15) is 6.10 Å². The number of phenols is 1. The highest BCUT2D eigenvalue weighted by atomic mass is 16.6. The molecular weight excluding hydrogens is 608 g/mol. The van der Waals surface area contributed by atoms with Crippen molar-refractivity contribution in [3.63, 3.8) is 0 Å². The lowest BCUT2D eigenvalue weighted by molar-refractivity contribution is -0.242. The number of ether oxygens (including phenoxy) is 2. The fourth-order valence-corrected chi connectivity index (χ4v) is 12.3. The number of carbonyl (C=O) groups is 2. The van der Waals surface area contributed by atoms with E-state index in [4.69, 9.17) is 9.47 Å². The smallest absolute Gasteiger partial charge is 0.331 e. The molecule has 1 aromatic carbocycles. The van der Waals surface area contributed by atoms with E-state index >= 15 is 0 Å². The van der Waals surface area contributed by atoms with Gasteiger partial charge in [-0.05, 0) is 116 Å². The Morgan fingerprint density at radius 1 is 0.979 bits per heavy atom. The summed E-state index contributed by atoms with van der Waals surface area (Å²) in [7, 11) is 1.47. The Labute approximate surface area is 285 Å². The number of rotatable bonds is 5. The van der Waals surface area contributed by atoms with Crippen LogP contribution >= 0.6 is 0 Å². The summed E-state index contributed by atoms with van der Waals surface area (Å²) in [5, 5.41) is 44.4. The minimum atomic E-state index is -1.11. The average molecular weight is 665 g/mol. The van der Waals surface area contributed by atoms with Crippen molar-refractivity contribution in [2.24, 2.45) is 50.7 Å². The number of hydrogen-bond donors (Lipinski definition) is 4. The molecule has 0 saturated heterocycles. The van der Waals surface area contributed by atoms with Gasteiger partial charge in [-0.1, -0.05) is 59.3 Å². The Kier molecular flexibility index (Phi) is 8.27. The Bertz CT molecular complexity index is 1540. The number of carboxylic acid groups (broad SMARTS) is 1. The van der Waals surface area contributed by atoms with Gasteiger partial charge in [-0.15, -0.1) is 0 Å². The first kappa shape index (κ1) is 35.0. The maximum atomic E-state index is 13.2. The predicted molar refractivity (Wildman–Crippen MR) is 183 cm³/mol. The van der Waals surface area contributed by atoms with Crippen LogP contribution in [0.25, 0.3) is 6.08 Å². The minimum Gasteiger partial charge on any atom is -0.504 e. The topological polar surface area (TPSA) is 134 Å². The number of aliphatic carboxylic acids is 1. The molecular formula is C40H56O8. The van der Waals surface area contributed by atoms with Gasteiger partial charge in [0.25, 0.3) is 0 Å². The number of aromatic hydroxyl groups is 1. The SMILES string of the molecule is COc1cc(/C=C/C(=O)O[C@H]2[C@H](O)C[C@]3(C)[C@H]4CC=C5[C@H]6[C@](C(=O)O)(CC[C@@H](C)[C@@]6(C)O)CC[C@@]5(C)[C@]4(C)CC[C@H]3C2(C)C)ccc1O. The number of allylic oxidation sites excluding steroid dienone is 1. The van der Waals surface area contributed by atoms with E-state index < -0.39 is 46.5 Å². The van der Waals surface area contributed by atoms with Crippen LogP contribution < -0.4 is 4.74 Å². The molecule has 4 fully saturated rings. The molecule has 8 heteroatoms. The predicted octanol–water partition coefficient (Wildman–Crippen LogP) is 7.15. The summed E-state index contributed by atoms with van der Waals surface area (Å²) in [6, 6.07) is 4.82. The molecule has 0 aliphatic heterocycles. The highest BCUT2D eigenvalue weighted by Gasteiger charge is 2.72. The van der Waals surface area contributed by atoms with Crippen LogP contribution in [-0.4, -0.2) is 57.3 Å². The monoisotopic (exact) mass is 664 g/mol. The standard InChI is InChI=1S/C40H56O8/c1-23-15-18-40(34(44)45)20-19-37(5)25(32(40)39(23,7)46)11-13-30-36(4)22-27(42)33(35(2,3)29(36)16-17-38(30,37)6)48-31(43)14-10-24-9-12-26(41)28(21-24)47-8/h9-12,14,21,23,27,29-30,32-33,41-42,46H,13,15-20,22H2,1-8H3,(H,44,45)/b14-10+/t23-,27-,29+,30-,32-,33+,36+,37-,38-,39-,40+/m1/s1. The number of phenolic OH excluding ortho intramolecular Hbond substituents is 1. The number of methoxy groups -OCH3 is 1. The second-order valence-electron chi connectivity index (χ2n) is 17.6. The lowest BCUT2D eigenvalue weighted by atomic mass is 9.33. The summed E-state index contributed by atoms with van der Waals surface area (Å²) in [4.78, 5) is 26.2. The summed E-state index contributed by atoms with van der Waals surface area (Å²) in [5.41, 5.74) is -1.43. The van der Waals surface area contributed by atoms with E-state index in [1.165, 1.54) is 19.3 Å². The molecule has 0 amide bonds. The number of aliphatic hydroxyl groups is 2. The van der Waals surface area contributed by atoms with Crippen molar-refractivity contribution < 1.29 is 39.5 Å². The van der Waals surface area contributed by atoms with Crippen molar-refractivity contribution in [1.82, 2.24) is 0 Å². The number of fused-ring (bicyclic) bond motifs is 7. The first-order valence-corrected chi connectivity index (χ1v) is 17.9. The molecule has 0 radical (unpaired) electrons.